The molecule has 0 unspecified atom stereocenters. The van der Waals surface area contributed by atoms with Crippen LogP contribution >= 0.6 is 0 Å². The Hall–Kier alpha value is -6.83. The highest BCUT2D eigenvalue weighted by molar-refractivity contribution is 6.33. The van der Waals surface area contributed by atoms with Gasteiger partial charge in [0.15, 0.2) is 0 Å². The lowest BCUT2D eigenvalue weighted by atomic mass is 9.81. The summed E-state index contributed by atoms with van der Waals surface area (Å²) in [5.41, 5.74) is 9.57. The smallest absolute Gasteiger partial charge is 0.0708 e. The van der Waals surface area contributed by atoms with Crippen molar-refractivity contribution in [1.82, 2.24) is 4.98 Å². The molecule has 52 heavy (non-hydrogen) atoms. The maximum absolute atomic E-state index is 4.93. The van der Waals surface area contributed by atoms with Crippen molar-refractivity contribution in [2.24, 2.45) is 0 Å². The molecule has 0 radical (unpaired) electrons. The Morgan fingerprint density at radius 1 is 0.250 bits per heavy atom. The molecule has 0 atom stereocenters. The highest BCUT2D eigenvalue weighted by atomic mass is 14.7. The number of nitrogens with zero attached hydrogens (tertiary/aromatic N) is 1. The molecule has 0 N–H and O–H groups in total. The van der Waals surface area contributed by atoms with Gasteiger partial charge in [0.25, 0.3) is 0 Å². The summed E-state index contributed by atoms with van der Waals surface area (Å²) < 4.78 is 0. The fraction of sp³-hybridized carbons (Fsp3) is 0. The minimum atomic E-state index is 0.977. The summed E-state index contributed by atoms with van der Waals surface area (Å²) in [6.07, 6.45) is 1.90. The first-order valence-electron chi connectivity index (χ1n) is 18.0. The molecule has 1 nitrogen and oxygen atoms in total. The highest BCUT2D eigenvalue weighted by Crippen LogP contribution is 2.50. The molecule has 1 heterocycles. The Balaban J connectivity index is 1.36. The fourth-order valence-corrected chi connectivity index (χ4v) is 8.78. The Bertz CT molecular complexity index is 3060. The van der Waals surface area contributed by atoms with Gasteiger partial charge in [0.05, 0.1) is 5.69 Å². The largest absolute Gasteiger partial charge is 0.256 e. The number of rotatable bonds is 4. The summed E-state index contributed by atoms with van der Waals surface area (Å²) in [4.78, 5) is 4.93. The average molecular weight is 658 g/mol. The molecule has 0 spiro atoms. The first-order chi connectivity index (χ1) is 25.8. The van der Waals surface area contributed by atoms with Crippen LogP contribution in [0.3, 0.4) is 0 Å². The van der Waals surface area contributed by atoms with E-state index in [4.69, 9.17) is 4.98 Å². The predicted octanol–water partition coefficient (Wildman–Crippen LogP) is 14.1. The third kappa shape index (κ3) is 4.26. The van der Waals surface area contributed by atoms with Gasteiger partial charge in [-0.15, -0.1) is 0 Å². The van der Waals surface area contributed by atoms with Crippen molar-refractivity contribution >= 4 is 64.6 Å². The van der Waals surface area contributed by atoms with Crippen LogP contribution in [0, 0.1) is 0 Å². The van der Waals surface area contributed by atoms with Crippen molar-refractivity contribution in [3.05, 3.63) is 188 Å². The minimum Gasteiger partial charge on any atom is -0.256 e. The van der Waals surface area contributed by atoms with Crippen molar-refractivity contribution in [1.29, 1.82) is 0 Å². The van der Waals surface area contributed by atoms with E-state index in [-0.39, 0.29) is 0 Å². The standard InChI is InChI=1S/C51H31N/c1-4-18-35-32(12-1)15-9-21-38(35)45-30-46(39-22-10-16-33-13-2-5-19-36(33)39)42-27-28-44-48(49-24-7-8-29-52-49)31-47(43-26-25-41(45)50(42)51(43)44)40-23-11-17-34-14-3-6-20-37(34)40/h1-31H. The van der Waals surface area contributed by atoms with E-state index in [1.54, 1.807) is 0 Å². The zero-order valence-corrected chi connectivity index (χ0v) is 28.3. The Labute approximate surface area is 301 Å². The molecule has 1 heteroatoms. The maximum Gasteiger partial charge on any atom is 0.0708 e. The predicted molar refractivity (Wildman–Crippen MR) is 222 cm³/mol. The monoisotopic (exact) mass is 657 g/mol. The molecule has 0 saturated carbocycles. The first-order valence-corrected chi connectivity index (χ1v) is 18.0. The number of pyridine rings is 1. The molecule has 11 rings (SSSR count). The van der Waals surface area contributed by atoms with Gasteiger partial charge in [-0.2, -0.15) is 0 Å². The zero-order chi connectivity index (χ0) is 34.2. The molecule has 0 aliphatic heterocycles. The van der Waals surface area contributed by atoms with Gasteiger partial charge < -0.3 is 0 Å². The minimum absolute atomic E-state index is 0.977. The molecular weight excluding hydrogens is 627 g/mol. The second-order valence-corrected chi connectivity index (χ2v) is 13.8. The van der Waals surface area contributed by atoms with Gasteiger partial charge >= 0.3 is 0 Å². The molecular formula is C51H31N. The third-order valence-corrected chi connectivity index (χ3v) is 11.1. The second kappa shape index (κ2) is 11.3. The van der Waals surface area contributed by atoms with E-state index in [1.165, 1.54) is 98.0 Å². The van der Waals surface area contributed by atoms with Crippen LogP contribution in [0.15, 0.2) is 188 Å². The number of benzene rings is 10. The molecule has 0 aliphatic carbocycles. The van der Waals surface area contributed by atoms with Gasteiger partial charge in [0.1, 0.15) is 0 Å². The SMILES string of the molecule is c1ccc(-c2cc(-c3cccc4ccccc34)c3ccc4c(-c5cccc6ccccc56)cc(-c5cccc6ccccc56)c5ccc2c3c54)nc1. The molecule has 0 saturated heterocycles. The molecule has 11 aromatic rings. The summed E-state index contributed by atoms with van der Waals surface area (Å²) in [6.45, 7) is 0. The van der Waals surface area contributed by atoms with Gasteiger partial charge in [0.2, 0.25) is 0 Å². The van der Waals surface area contributed by atoms with E-state index in [9.17, 15) is 0 Å². The quantitative estimate of drug-likeness (QED) is 0.172. The van der Waals surface area contributed by atoms with Crippen molar-refractivity contribution in [3.63, 3.8) is 0 Å². The topological polar surface area (TPSA) is 12.9 Å². The van der Waals surface area contributed by atoms with Gasteiger partial charge in [-0.1, -0.05) is 158 Å². The van der Waals surface area contributed by atoms with Crippen molar-refractivity contribution in [3.8, 4) is 44.6 Å². The molecule has 0 bridgehead atoms. The number of fused-ring (bicyclic) bond motifs is 3. The van der Waals surface area contributed by atoms with E-state index in [2.05, 4.69) is 176 Å². The fourth-order valence-electron chi connectivity index (χ4n) is 8.78. The van der Waals surface area contributed by atoms with Crippen molar-refractivity contribution in [2.45, 2.75) is 0 Å². The summed E-state index contributed by atoms with van der Waals surface area (Å²) >= 11 is 0. The lowest BCUT2D eigenvalue weighted by Crippen LogP contribution is -1.95. The van der Waals surface area contributed by atoms with E-state index in [0.717, 1.165) is 11.3 Å². The first kappa shape index (κ1) is 29.0. The molecule has 1 aromatic heterocycles. The van der Waals surface area contributed by atoms with Crippen molar-refractivity contribution < 1.29 is 0 Å². The average Bonchev–Trinajstić information content (AvgIpc) is 3.22. The normalized spacial score (nSPS) is 11.8. The molecule has 0 amide bonds. The Morgan fingerprint density at radius 3 is 1.04 bits per heavy atom. The van der Waals surface area contributed by atoms with Gasteiger partial charge in [0, 0.05) is 11.8 Å². The second-order valence-electron chi connectivity index (χ2n) is 13.8. The summed E-state index contributed by atoms with van der Waals surface area (Å²) in [6, 6.07) is 66.9. The summed E-state index contributed by atoms with van der Waals surface area (Å²) in [5.74, 6) is 0. The van der Waals surface area contributed by atoms with Crippen LogP contribution < -0.4 is 0 Å². The van der Waals surface area contributed by atoms with E-state index in [1.807, 2.05) is 12.3 Å². The summed E-state index contributed by atoms with van der Waals surface area (Å²) in [7, 11) is 0. The number of hydrogen-bond acceptors (Lipinski definition) is 1. The van der Waals surface area contributed by atoms with Crippen LogP contribution in [0.5, 0.6) is 0 Å². The van der Waals surface area contributed by atoms with Gasteiger partial charge in [-0.05, 0) is 122 Å². The van der Waals surface area contributed by atoms with Crippen LogP contribution in [0.25, 0.3) is 109 Å². The Kier molecular flexibility index (Phi) is 6.32. The number of aromatic nitrogens is 1. The van der Waals surface area contributed by atoms with Crippen LogP contribution in [-0.2, 0) is 0 Å². The van der Waals surface area contributed by atoms with Crippen LogP contribution in [0.4, 0.5) is 0 Å². The van der Waals surface area contributed by atoms with Crippen LogP contribution in [-0.4, -0.2) is 4.98 Å². The van der Waals surface area contributed by atoms with E-state index < -0.39 is 0 Å². The van der Waals surface area contributed by atoms with Gasteiger partial charge in [-0.3, -0.25) is 4.98 Å². The molecule has 0 aliphatic rings. The Morgan fingerprint density at radius 2 is 0.615 bits per heavy atom. The lowest BCUT2D eigenvalue weighted by molar-refractivity contribution is 1.33. The summed E-state index contributed by atoms with van der Waals surface area (Å²) in [5, 5.41) is 15.1. The van der Waals surface area contributed by atoms with Crippen molar-refractivity contribution in [2.75, 3.05) is 0 Å². The van der Waals surface area contributed by atoms with Crippen LogP contribution in [0.2, 0.25) is 0 Å². The molecule has 240 valence electrons. The van der Waals surface area contributed by atoms with E-state index >= 15 is 0 Å². The highest BCUT2D eigenvalue weighted by Gasteiger charge is 2.22. The molecule has 0 fully saturated rings. The van der Waals surface area contributed by atoms with Gasteiger partial charge in [-0.25, -0.2) is 0 Å². The number of hydrogen-bond donors (Lipinski definition) is 0. The van der Waals surface area contributed by atoms with Crippen LogP contribution in [0.1, 0.15) is 0 Å². The third-order valence-electron chi connectivity index (χ3n) is 11.1. The molecule has 10 aromatic carbocycles. The van der Waals surface area contributed by atoms with E-state index in [0.29, 0.717) is 0 Å². The lowest BCUT2D eigenvalue weighted by Gasteiger charge is -2.22. The zero-order valence-electron chi connectivity index (χ0n) is 28.3. The maximum atomic E-state index is 4.93.